The summed E-state index contributed by atoms with van der Waals surface area (Å²) in [4.78, 5) is 35.5. The van der Waals surface area contributed by atoms with Gasteiger partial charge in [0.15, 0.2) is 11.5 Å². The molecule has 2 amide bonds. The first-order chi connectivity index (χ1) is 12.0. The molecule has 0 saturated carbocycles. The summed E-state index contributed by atoms with van der Waals surface area (Å²) in [6.45, 7) is 0.255. The van der Waals surface area contributed by atoms with Crippen molar-refractivity contribution in [3.05, 3.63) is 34.0 Å². The van der Waals surface area contributed by atoms with Gasteiger partial charge in [-0.05, 0) is 0 Å². The number of amides is 2. The number of nitrogens with one attached hydrogen (secondary N) is 1. The van der Waals surface area contributed by atoms with E-state index in [4.69, 9.17) is 14.6 Å². The maximum Gasteiger partial charge on any atom is 0.296 e. The Balaban J connectivity index is 1.93. The lowest BCUT2D eigenvalue weighted by atomic mass is 10.2. The number of imide groups is 1. The van der Waals surface area contributed by atoms with Crippen molar-refractivity contribution < 1.29 is 29.1 Å². The summed E-state index contributed by atoms with van der Waals surface area (Å²) in [5.41, 5.74) is -0.422. The molecule has 3 rings (SSSR count). The van der Waals surface area contributed by atoms with Gasteiger partial charge in [-0.15, -0.1) is 0 Å². The third-order valence-electron chi connectivity index (χ3n) is 3.66. The number of carbonyl (C=O) groups is 2. The van der Waals surface area contributed by atoms with Crippen LogP contribution in [0, 0.1) is 10.1 Å². The molecule has 0 saturated heterocycles. The molecule has 2 N–H and O–H groups in total. The predicted molar refractivity (Wildman–Crippen MR) is 84.2 cm³/mol. The Kier molecular flexibility index (Phi) is 4.52. The van der Waals surface area contributed by atoms with Crippen LogP contribution in [-0.4, -0.2) is 53.1 Å². The average molecular weight is 349 g/mol. The van der Waals surface area contributed by atoms with E-state index in [1.165, 1.54) is 12.1 Å². The van der Waals surface area contributed by atoms with Gasteiger partial charge in [-0.1, -0.05) is 0 Å². The van der Waals surface area contributed by atoms with Crippen LogP contribution < -0.4 is 14.8 Å². The van der Waals surface area contributed by atoms with Crippen LogP contribution in [0.3, 0.4) is 0 Å². The van der Waals surface area contributed by atoms with E-state index >= 15 is 0 Å². The Labute approximate surface area is 141 Å². The van der Waals surface area contributed by atoms with Crippen molar-refractivity contribution in [2.75, 3.05) is 31.7 Å². The van der Waals surface area contributed by atoms with Crippen molar-refractivity contribution in [2.24, 2.45) is 0 Å². The second-order valence-electron chi connectivity index (χ2n) is 5.33. The molecule has 0 fully saturated rings. The lowest BCUT2D eigenvalue weighted by molar-refractivity contribution is -0.384. The van der Waals surface area contributed by atoms with Crippen LogP contribution in [0.4, 0.5) is 11.4 Å². The standard InChI is InChI=1S/C15H15N3O7/c19-3-2-17-14(20)7-10(15(17)21)16-9-6-12-13(8-11(9)18(22)23)25-5-1-4-24-12/h6-8,16,19H,1-5H2. The van der Waals surface area contributed by atoms with Crippen LogP contribution in [0.5, 0.6) is 11.5 Å². The van der Waals surface area contributed by atoms with Gasteiger partial charge in [0.1, 0.15) is 11.4 Å². The van der Waals surface area contributed by atoms with E-state index in [-0.39, 0.29) is 36.0 Å². The van der Waals surface area contributed by atoms with Crippen molar-refractivity contribution in [1.29, 1.82) is 0 Å². The molecular weight excluding hydrogens is 334 g/mol. The van der Waals surface area contributed by atoms with Gasteiger partial charge >= 0.3 is 0 Å². The fraction of sp³-hybridized carbons (Fsp3) is 0.333. The van der Waals surface area contributed by atoms with Gasteiger partial charge in [0.2, 0.25) is 0 Å². The summed E-state index contributed by atoms with van der Waals surface area (Å²) in [5, 5.41) is 22.9. The molecule has 0 radical (unpaired) electrons. The Bertz CT molecular complexity index is 775. The number of aliphatic hydroxyl groups is 1. The molecule has 0 atom stereocenters. The molecule has 10 heteroatoms. The van der Waals surface area contributed by atoms with Gasteiger partial charge in [0, 0.05) is 18.6 Å². The number of hydrogen-bond donors (Lipinski definition) is 2. The Morgan fingerprint density at radius 1 is 1.24 bits per heavy atom. The first kappa shape index (κ1) is 16.7. The minimum atomic E-state index is -0.666. The van der Waals surface area contributed by atoms with Gasteiger partial charge in [-0.25, -0.2) is 0 Å². The highest BCUT2D eigenvalue weighted by molar-refractivity contribution is 6.17. The van der Waals surface area contributed by atoms with Crippen LogP contribution in [-0.2, 0) is 9.59 Å². The number of nitro benzene ring substituents is 1. The zero-order chi connectivity index (χ0) is 18.0. The van der Waals surface area contributed by atoms with Gasteiger partial charge in [0.25, 0.3) is 17.5 Å². The van der Waals surface area contributed by atoms with Crippen LogP contribution in [0.2, 0.25) is 0 Å². The summed E-state index contributed by atoms with van der Waals surface area (Å²) in [6, 6.07) is 2.59. The topological polar surface area (TPSA) is 131 Å². The summed E-state index contributed by atoms with van der Waals surface area (Å²) in [6.07, 6.45) is 1.67. The molecular formula is C15H15N3O7. The molecule has 10 nitrogen and oxygen atoms in total. The number of anilines is 1. The summed E-state index contributed by atoms with van der Waals surface area (Å²) >= 11 is 0. The molecule has 2 aliphatic rings. The zero-order valence-electron chi connectivity index (χ0n) is 13.1. The largest absolute Gasteiger partial charge is 0.489 e. The lowest BCUT2D eigenvalue weighted by Gasteiger charge is -2.14. The van der Waals surface area contributed by atoms with Crippen molar-refractivity contribution in [1.82, 2.24) is 4.90 Å². The molecule has 132 valence electrons. The SMILES string of the molecule is O=C1C=C(Nc2cc3c(cc2[N+](=O)[O-])OCCCO3)C(=O)N1CCO. The molecule has 1 aromatic carbocycles. The van der Waals surface area contributed by atoms with Gasteiger partial charge in [0.05, 0.1) is 37.4 Å². The number of nitrogens with zero attached hydrogens (tertiary/aromatic N) is 2. The van der Waals surface area contributed by atoms with E-state index in [1.807, 2.05) is 0 Å². The number of hydrogen-bond acceptors (Lipinski definition) is 8. The molecule has 0 unspecified atom stereocenters. The molecule has 0 spiro atoms. The van der Waals surface area contributed by atoms with Crippen molar-refractivity contribution in [3.63, 3.8) is 0 Å². The number of rotatable bonds is 5. The average Bonchev–Trinajstić information content (AvgIpc) is 2.76. The molecule has 1 aromatic rings. The van der Waals surface area contributed by atoms with Crippen molar-refractivity contribution >= 4 is 23.2 Å². The highest BCUT2D eigenvalue weighted by atomic mass is 16.6. The summed E-state index contributed by atoms with van der Waals surface area (Å²) in [5.74, 6) is -0.700. The van der Waals surface area contributed by atoms with Crippen molar-refractivity contribution in [3.8, 4) is 11.5 Å². The van der Waals surface area contributed by atoms with Gasteiger partial charge in [-0.3, -0.25) is 24.6 Å². The normalized spacial score (nSPS) is 16.5. The number of nitro groups is 1. The zero-order valence-corrected chi connectivity index (χ0v) is 13.1. The number of ether oxygens (including phenoxy) is 2. The summed E-state index contributed by atoms with van der Waals surface area (Å²) in [7, 11) is 0. The predicted octanol–water partition coefficient (Wildman–Crippen LogP) is 0.413. The van der Waals surface area contributed by atoms with Gasteiger partial charge in [-0.2, -0.15) is 0 Å². The molecule has 2 aliphatic heterocycles. The van der Waals surface area contributed by atoms with E-state index in [9.17, 15) is 19.7 Å². The Morgan fingerprint density at radius 2 is 1.92 bits per heavy atom. The molecule has 2 heterocycles. The van der Waals surface area contributed by atoms with Crippen LogP contribution in [0.15, 0.2) is 23.9 Å². The summed E-state index contributed by atoms with van der Waals surface area (Å²) < 4.78 is 10.9. The third-order valence-corrected chi connectivity index (χ3v) is 3.66. The highest BCUT2D eigenvalue weighted by Gasteiger charge is 2.32. The second-order valence-corrected chi connectivity index (χ2v) is 5.33. The number of carbonyl (C=O) groups excluding carboxylic acids is 2. The molecule has 0 aromatic heterocycles. The quantitative estimate of drug-likeness (QED) is 0.444. The van der Waals surface area contributed by atoms with Crippen LogP contribution >= 0.6 is 0 Å². The monoisotopic (exact) mass is 349 g/mol. The molecule has 0 aliphatic carbocycles. The number of benzene rings is 1. The first-order valence-electron chi connectivity index (χ1n) is 7.54. The second kappa shape index (κ2) is 6.77. The number of β-amino-alcohol motifs (C(OH)–C–C–N with tert-alkyl or cyclic N) is 1. The first-order valence-corrected chi connectivity index (χ1v) is 7.54. The van der Waals surface area contributed by atoms with Crippen LogP contribution in [0.1, 0.15) is 6.42 Å². The van der Waals surface area contributed by atoms with E-state index in [1.54, 1.807) is 0 Å². The Hall–Kier alpha value is -3.14. The minimum absolute atomic E-state index is 0.00694. The fourth-order valence-corrected chi connectivity index (χ4v) is 2.50. The minimum Gasteiger partial charge on any atom is -0.489 e. The lowest BCUT2D eigenvalue weighted by Crippen LogP contribution is -2.34. The van der Waals surface area contributed by atoms with E-state index in [0.29, 0.717) is 25.4 Å². The fourth-order valence-electron chi connectivity index (χ4n) is 2.50. The highest BCUT2D eigenvalue weighted by Crippen LogP contribution is 2.39. The molecule has 25 heavy (non-hydrogen) atoms. The smallest absolute Gasteiger partial charge is 0.296 e. The van der Waals surface area contributed by atoms with E-state index in [2.05, 4.69) is 5.32 Å². The number of aliphatic hydroxyl groups excluding tert-OH is 1. The van der Waals surface area contributed by atoms with Crippen LogP contribution in [0.25, 0.3) is 0 Å². The Morgan fingerprint density at radius 3 is 2.56 bits per heavy atom. The third kappa shape index (κ3) is 3.24. The number of fused-ring (bicyclic) bond motifs is 1. The van der Waals surface area contributed by atoms with Gasteiger partial charge < -0.3 is 19.9 Å². The van der Waals surface area contributed by atoms with E-state index in [0.717, 1.165) is 11.0 Å². The maximum absolute atomic E-state index is 12.2. The van der Waals surface area contributed by atoms with Crippen molar-refractivity contribution in [2.45, 2.75) is 6.42 Å². The van der Waals surface area contributed by atoms with E-state index < -0.39 is 16.7 Å². The molecule has 0 bridgehead atoms. The maximum atomic E-state index is 12.2.